The number of hydrogen-bond acceptors (Lipinski definition) is 4. The van der Waals surface area contributed by atoms with Gasteiger partial charge in [0.15, 0.2) is 5.82 Å². The molecule has 1 aliphatic rings. The normalized spacial score (nSPS) is 14.8. The molecule has 2 aromatic carbocycles. The number of anilines is 2. The molecular weight excluding hydrogens is 434 g/mol. The van der Waals surface area contributed by atoms with Crippen LogP contribution in [0.15, 0.2) is 57.8 Å². The van der Waals surface area contributed by atoms with Crippen molar-refractivity contribution < 1.29 is 4.79 Å². The smallest absolute Gasteiger partial charge is 0.319 e. The molecule has 0 saturated carbocycles. The number of urea groups is 1. The van der Waals surface area contributed by atoms with E-state index in [0.717, 1.165) is 34.0 Å². The van der Waals surface area contributed by atoms with Crippen LogP contribution in [0.1, 0.15) is 12.8 Å². The zero-order valence-corrected chi connectivity index (χ0v) is 17.6. The fourth-order valence-corrected chi connectivity index (χ4v) is 3.86. The Kier molecular flexibility index (Phi) is 5.53. The van der Waals surface area contributed by atoms with Crippen LogP contribution in [-0.2, 0) is 7.05 Å². The maximum Gasteiger partial charge on any atom is 0.319 e. The highest BCUT2D eigenvalue weighted by molar-refractivity contribution is 9.10. The van der Waals surface area contributed by atoms with Crippen molar-refractivity contribution in [3.8, 4) is 0 Å². The largest absolute Gasteiger partial charge is 0.352 e. The van der Waals surface area contributed by atoms with E-state index in [0.29, 0.717) is 18.9 Å². The predicted molar refractivity (Wildman–Crippen MR) is 119 cm³/mol. The van der Waals surface area contributed by atoms with Gasteiger partial charge in [0.2, 0.25) is 0 Å². The number of piperidine rings is 1. The van der Waals surface area contributed by atoms with Crippen molar-refractivity contribution in [2.24, 2.45) is 7.05 Å². The Morgan fingerprint density at radius 3 is 2.52 bits per heavy atom. The van der Waals surface area contributed by atoms with Crippen LogP contribution in [0.2, 0.25) is 0 Å². The molecule has 4 rings (SSSR count). The van der Waals surface area contributed by atoms with Crippen LogP contribution in [0.3, 0.4) is 0 Å². The lowest BCUT2D eigenvalue weighted by molar-refractivity contribution is 0.246. The summed E-state index contributed by atoms with van der Waals surface area (Å²) in [5.74, 6) is 0.476. The molecule has 8 heteroatoms. The van der Waals surface area contributed by atoms with E-state index in [1.54, 1.807) is 11.6 Å². The molecule has 150 valence electrons. The SMILES string of the molecule is Cn1c(=O)c(N2CCC(NC(=O)Nc3ccc(Br)cc3)CC2)nc2ccccc21. The summed E-state index contributed by atoms with van der Waals surface area (Å²) in [6.07, 6.45) is 1.51. The van der Waals surface area contributed by atoms with E-state index in [4.69, 9.17) is 0 Å². The third-order valence-electron chi connectivity index (χ3n) is 5.20. The number of carbonyl (C=O) groups is 1. The number of aryl methyl sites for hydroxylation is 1. The second-order valence-corrected chi connectivity index (χ2v) is 8.07. The molecule has 3 aromatic rings. The number of fused-ring (bicyclic) bond motifs is 1. The topological polar surface area (TPSA) is 79.3 Å². The molecule has 29 heavy (non-hydrogen) atoms. The first-order valence-corrected chi connectivity index (χ1v) is 10.3. The fraction of sp³-hybridized carbons (Fsp3) is 0.286. The lowest BCUT2D eigenvalue weighted by Gasteiger charge is -2.33. The standard InChI is InChI=1S/C21H22BrN5O2/c1-26-18-5-3-2-4-17(18)25-19(20(26)28)27-12-10-16(11-13-27)24-21(29)23-15-8-6-14(22)7-9-15/h2-9,16H,10-13H2,1H3,(H2,23,24,29). The number of benzene rings is 2. The minimum atomic E-state index is -0.217. The third kappa shape index (κ3) is 4.27. The first-order valence-electron chi connectivity index (χ1n) is 9.55. The summed E-state index contributed by atoms with van der Waals surface area (Å²) >= 11 is 3.38. The molecule has 1 saturated heterocycles. The van der Waals surface area contributed by atoms with Crippen LogP contribution in [0, 0.1) is 0 Å². The molecule has 0 radical (unpaired) electrons. The molecule has 0 spiro atoms. The molecule has 1 fully saturated rings. The maximum absolute atomic E-state index is 12.7. The summed E-state index contributed by atoms with van der Waals surface area (Å²) in [5.41, 5.74) is 2.27. The molecule has 2 amide bonds. The average molecular weight is 456 g/mol. The third-order valence-corrected chi connectivity index (χ3v) is 5.73. The van der Waals surface area contributed by atoms with Crippen molar-refractivity contribution in [2.45, 2.75) is 18.9 Å². The summed E-state index contributed by atoms with van der Waals surface area (Å²) in [6, 6.07) is 14.9. The molecule has 2 N–H and O–H groups in total. The Hall–Kier alpha value is -2.87. The summed E-state index contributed by atoms with van der Waals surface area (Å²) in [6.45, 7) is 1.34. The minimum absolute atomic E-state index is 0.0611. The predicted octanol–water partition coefficient (Wildman–Crippen LogP) is 3.49. The number of carbonyl (C=O) groups excluding carboxylic acids is 1. The summed E-state index contributed by atoms with van der Waals surface area (Å²) in [5, 5.41) is 5.86. The van der Waals surface area contributed by atoms with Crippen LogP contribution in [0.5, 0.6) is 0 Å². The van der Waals surface area contributed by atoms with Gasteiger partial charge in [0.25, 0.3) is 5.56 Å². The number of halogens is 1. The number of rotatable bonds is 3. The van der Waals surface area contributed by atoms with E-state index in [1.807, 2.05) is 53.4 Å². The number of hydrogen-bond donors (Lipinski definition) is 2. The van der Waals surface area contributed by atoms with Gasteiger partial charge in [-0.05, 0) is 49.2 Å². The maximum atomic E-state index is 12.7. The lowest BCUT2D eigenvalue weighted by atomic mass is 10.1. The minimum Gasteiger partial charge on any atom is -0.352 e. The second kappa shape index (κ2) is 8.24. The molecule has 0 aliphatic carbocycles. The summed E-state index contributed by atoms with van der Waals surface area (Å²) in [7, 11) is 1.77. The van der Waals surface area contributed by atoms with Gasteiger partial charge in [-0.3, -0.25) is 4.79 Å². The quantitative estimate of drug-likeness (QED) is 0.633. The van der Waals surface area contributed by atoms with Crippen molar-refractivity contribution in [3.63, 3.8) is 0 Å². The van der Waals surface area contributed by atoms with E-state index >= 15 is 0 Å². The van der Waals surface area contributed by atoms with E-state index < -0.39 is 0 Å². The Balaban J connectivity index is 1.39. The van der Waals surface area contributed by atoms with Gasteiger partial charge in [-0.15, -0.1) is 0 Å². The van der Waals surface area contributed by atoms with Gasteiger partial charge in [0, 0.05) is 36.3 Å². The van der Waals surface area contributed by atoms with Gasteiger partial charge in [0.05, 0.1) is 11.0 Å². The zero-order chi connectivity index (χ0) is 20.4. The second-order valence-electron chi connectivity index (χ2n) is 7.15. The van der Waals surface area contributed by atoms with Gasteiger partial charge >= 0.3 is 6.03 Å². The van der Waals surface area contributed by atoms with Crippen molar-refractivity contribution >= 4 is 44.5 Å². The number of amides is 2. The van der Waals surface area contributed by atoms with Crippen LogP contribution in [0.25, 0.3) is 11.0 Å². The molecule has 0 atom stereocenters. The molecule has 2 heterocycles. The van der Waals surface area contributed by atoms with Gasteiger partial charge in [-0.2, -0.15) is 0 Å². The van der Waals surface area contributed by atoms with E-state index in [2.05, 4.69) is 31.5 Å². The fourth-order valence-electron chi connectivity index (χ4n) is 3.59. The van der Waals surface area contributed by atoms with Crippen molar-refractivity contribution in [1.29, 1.82) is 0 Å². The Labute approximate surface area is 176 Å². The molecular formula is C21H22BrN5O2. The number of nitrogens with one attached hydrogen (secondary N) is 2. The van der Waals surface area contributed by atoms with Gasteiger partial charge < -0.3 is 20.1 Å². The summed E-state index contributed by atoms with van der Waals surface area (Å²) < 4.78 is 2.61. The highest BCUT2D eigenvalue weighted by Gasteiger charge is 2.24. The van der Waals surface area contributed by atoms with Gasteiger partial charge in [0.1, 0.15) is 0 Å². The first kappa shape index (κ1) is 19.4. The van der Waals surface area contributed by atoms with Crippen LogP contribution >= 0.6 is 15.9 Å². The highest BCUT2D eigenvalue weighted by atomic mass is 79.9. The van der Waals surface area contributed by atoms with Crippen LogP contribution in [0.4, 0.5) is 16.3 Å². The lowest BCUT2D eigenvalue weighted by Crippen LogP contribution is -2.47. The first-order chi connectivity index (χ1) is 14.0. The Morgan fingerprint density at radius 1 is 1.10 bits per heavy atom. The molecule has 0 bridgehead atoms. The number of nitrogens with zero attached hydrogens (tertiary/aromatic N) is 3. The molecule has 1 aromatic heterocycles. The molecule has 0 unspecified atom stereocenters. The van der Waals surface area contributed by atoms with Gasteiger partial charge in [-0.25, -0.2) is 9.78 Å². The molecule has 7 nitrogen and oxygen atoms in total. The number of para-hydroxylation sites is 2. The Bertz CT molecular complexity index is 1090. The Morgan fingerprint density at radius 2 is 1.79 bits per heavy atom. The number of aromatic nitrogens is 2. The van der Waals surface area contributed by atoms with Crippen molar-refractivity contribution in [3.05, 3.63) is 63.4 Å². The van der Waals surface area contributed by atoms with E-state index in [9.17, 15) is 9.59 Å². The van der Waals surface area contributed by atoms with Gasteiger partial charge in [-0.1, -0.05) is 28.1 Å². The summed E-state index contributed by atoms with van der Waals surface area (Å²) in [4.78, 5) is 31.6. The van der Waals surface area contributed by atoms with Crippen molar-refractivity contribution in [1.82, 2.24) is 14.9 Å². The van der Waals surface area contributed by atoms with E-state index in [1.165, 1.54) is 0 Å². The highest BCUT2D eigenvalue weighted by Crippen LogP contribution is 2.19. The van der Waals surface area contributed by atoms with E-state index in [-0.39, 0.29) is 17.6 Å². The zero-order valence-electron chi connectivity index (χ0n) is 16.1. The monoisotopic (exact) mass is 455 g/mol. The molecule has 1 aliphatic heterocycles. The van der Waals surface area contributed by atoms with Crippen LogP contribution < -0.4 is 21.1 Å². The van der Waals surface area contributed by atoms with Crippen LogP contribution in [-0.4, -0.2) is 34.7 Å². The average Bonchev–Trinajstić information content (AvgIpc) is 2.73. The van der Waals surface area contributed by atoms with Crippen molar-refractivity contribution in [2.75, 3.05) is 23.3 Å².